The van der Waals surface area contributed by atoms with Crippen molar-refractivity contribution < 1.29 is 9.90 Å². The smallest absolute Gasteiger partial charge is 0.320 e. The molecular formula is C14H26N2O2. The fourth-order valence-electron chi connectivity index (χ4n) is 2.99. The van der Waals surface area contributed by atoms with E-state index in [1.807, 2.05) is 0 Å². The van der Waals surface area contributed by atoms with Crippen molar-refractivity contribution in [1.29, 1.82) is 0 Å². The first kappa shape index (κ1) is 13.8. The van der Waals surface area contributed by atoms with Gasteiger partial charge in [-0.05, 0) is 44.6 Å². The summed E-state index contributed by atoms with van der Waals surface area (Å²) >= 11 is 0. The van der Waals surface area contributed by atoms with Crippen molar-refractivity contribution in [2.75, 3.05) is 13.1 Å². The second kappa shape index (κ2) is 6.02. The Balaban J connectivity index is 1.78. The molecule has 4 heteroatoms. The Bertz CT molecular complexity index is 290. The number of aliphatic carboxylic acids is 1. The predicted molar refractivity (Wildman–Crippen MR) is 71.6 cm³/mol. The van der Waals surface area contributed by atoms with Crippen molar-refractivity contribution in [3.05, 3.63) is 0 Å². The third-order valence-electron chi connectivity index (χ3n) is 4.20. The van der Waals surface area contributed by atoms with Gasteiger partial charge in [0.05, 0.1) is 0 Å². The molecule has 2 fully saturated rings. The Morgan fingerprint density at radius 1 is 1.39 bits per heavy atom. The van der Waals surface area contributed by atoms with Crippen molar-refractivity contribution in [3.63, 3.8) is 0 Å². The Hall–Kier alpha value is -0.610. The predicted octanol–water partition coefficient (Wildman–Crippen LogP) is 1.70. The molecule has 0 aromatic rings. The number of hydrogen-bond acceptors (Lipinski definition) is 3. The SMILES string of the molecule is CC(C)C1CCCN1CCC(NC1CC1)C(=O)O. The van der Waals surface area contributed by atoms with Gasteiger partial charge in [0, 0.05) is 18.6 Å². The van der Waals surface area contributed by atoms with E-state index in [-0.39, 0.29) is 6.04 Å². The van der Waals surface area contributed by atoms with E-state index in [9.17, 15) is 9.90 Å². The molecule has 0 aromatic heterocycles. The first-order valence-electron chi connectivity index (χ1n) is 7.31. The molecule has 2 rings (SSSR count). The Labute approximate surface area is 110 Å². The third kappa shape index (κ3) is 3.69. The maximum Gasteiger partial charge on any atom is 0.320 e. The monoisotopic (exact) mass is 254 g/mol. The topological polar surface area (TPSA) is 52.6 Å². The molecule has 0 bridgehead atoms. The second-order valence-corrected chi connectivity index (χ2v) is 6.11. The molecule has 2 unspecified atom stereocenters. The number of nitrogens with zero attached hydrogens (tertiary/aromatic N) is 1. The van der Waals surface area contributed by atoms with Gasteiger partial charge in [-0.15, -0.1) is 0 Å². The minimum absolute atomic E-state index is 0.356. The van der Waals surface area contributed by atoms with Crippen LogP contribution in [0.3, 0.4) is 0 Å². The highest BCUT2D eigenvalue weighted by molar-refractivity contribution is 5.73. The van der Waals surface area contributed by atoms with Crippen molar-refractivity contribution in [2.45, 2.75) is 64.1 Å². The van der Waals surface area contributed by atoms with Gasteiger partial charge >= 0.3 is 5.97 Å². The van der Waals surface area contributed by atoms with Crippen LogP contribution in [-0.4, -0.2) is 47.2 Å². The summed E-state index contributed by atoms with van der Waals surface area (Å²) in [7, 11) is 0. The molecule has 2 aliphatic rings. The molecule has 18 heavy (non-hydrogen) atoms. The van der Waals surface area contributed by atoms with E-state index < -0.39 is 5.97 Å². The molecule has 0 aromatic carbocycles. The fourth-order valence-corrected chi connectivity index (χ4v) is 2.99. The highest BCUT2D eigenvalue weighted by atomic mass is 16.4. The first-order valence-corrected chi connectivity index (χ1v) is 7.31. The summed E-state index contributed by atoms with van der Waals surface area (Å²) in [4.78, 5) is 13.7. The summed E-state index contributed by atoms with van der Waals surface area (Å²) in [5, 5.41) is 12.5. The lowest BCUT2D eigenvalue weighted by Gasteiger charge is -2.28. The van der Waals surface area contributed by atoms with E-state index in [2.05, 4.69) is 24.1 Å². The van der Waals surface area contributed by atoms with Crippen molar-refractivity contribution in [1.82, 2.24) is 10.2 Å². The molecule has 4 nitrogen and oxygen atoms in total. The Morgan fingerprint density at radius 2 is 2.11 bits per heavy atom. The summed E-state index contributed by atoms with van der Waals surface area (Å²) < 4.78 is 0. The van der Waals surface area contributed by atoms with Crippen LogP contribution in [-0.2, 0) is 4.79 Å². The Kier molecular flexibility index (Phi) is 4.62. The Morgan fingerprint density at radius 3 is 2.67 bits per heavy atom. The van der Waals surface area contributed by atoms with Gasteiger partial charge in [0.2, 0.25) is 0 Å². The molecule has 1 heterocycles. The molecule has 104 valence electrons. The average molecular weight is 254 g/mol. The van der Waals surface area contributed by atoms with Gasteiger partial charge in [-0.2, -0.15) is 0 Å². The van der Waals surface area contributed by atoms with Crippen molar-refractivity contribution in [3.8, 4) is 0 Å². The van der Waals surface area contributed by atoms with Gasteiger partial charge in [0.1, 0.15) is 6.04 Å². The van der Waals surface area contributed by atoms with Crippen LogP contribution in [0.1, 0.15) is 46.0 Å². The van der Waals surface area contributed by atoms with E-state index in [1.54, 1.807) is 0 Å². The van der Waals surface area contributed by atoms with Crippen LogP contribution in [0.25, 0.3) is 0 Å². The van der Waals surface area contributed by atoms with Crippen LogP contribution < -0.4 is 5.32 Å². The average Bonchev–Trinajstić information content (AvgIpc) is 2.99. The van der Waals surface area contributed by atoms with Crippen LogP contribution in [0.15, 0.2) is 0 Å². The minimum Gasteiger partial charge on any atom is -0.480 e. The van der Waals surface area contributed by atoms with Crippen molar-refractivity contribution in [2.24, 2.45) is 5.92 Å². The first-order chi connectivity index (χ1) is 8.58. The zero-order valence-corrected chi connectivity index (χ0v) is 11.6. The number of hydrogen-bond donors (Lipinski definition) is 2. The van der Waals surface area contributed by atoms with Crippen LogP contribution in [0.4, 0.5) is 0 Å². The molecule has 2 N–H and O–H groups in total. The normalized spacial score (nSPS) is 26.7. The van der Waals surface area contributed by atoms with Gasteiger partial charge in [-0.25, -0.2) is 0 Å². The number of nitrogens with one attached hydrogen (secondary N) is 1. The van der Waals surface area contributed by atoms with Gasteiger partial charge in [0.25, 0.3) is 0 Å². The van der Waals surface area contributed by atoms with E-state index in [0.717, 1.165) is 32.4 Å². The number of carbonyl (C=O) groups is 1. The summed E-state index contributed by atoms with van der Waals surface area (Å²) in [6, 6.07) is 0.761. The lowest BCUT2D eigenvalue weighted by atomic mass is 10.0. The van der Waals surface area contributed by atoms with Crippen LogP contribution >= 0.6 is 0 Å². The van der Waals surface area contributed by atoms with Gasteiger partial charge in [0.15, 0.2) is 0 Å². The summed E-state index contributed by atoms with van der Waals surface area (Å²) in [5.41, 5.74) is 0. The minimum atomic E-state index is -0.692. The number of carboxylic acids is 1. The van der Waals surface area contributed by atoms with Crippen LogP contribution in [0, 0.1) is 5.92 Å². The quantitative estimate of drug-likeness (QED) is 0.726. The third-order valence-corrected chi connectivity index (χ3v) is 4.20. The molecule has 0 spiro atoms. The molecule has 2 atom stereocenters. The zero-order chi connectivity index (χ0) is 13.1. The zero-order valence-electron chi connectivity index (χ0n) is 11.6. The summed E-state index contributed by atoms with van der Waals surface area (Å²) in [6.45, 7) is 6.58. The standard InChI is InChI=1S/C14H26N2O2/c1-10(2)13-4-3-8-16(13)9-7-12(14(17)18)15-11-5-6-11/h10-13,15H,3-9H2,1-2H3,(H,17,18). The summed E-state index contributed by atoms with van der Waals surface area (Å²) in [5.74, 6) is -0.0191. The van der Waals surface area contributed by atoms with Gasteiger partial charge in [-0.1, -0.05) is 13.8 Å². The summed E-state index contributed by atoms with van der Waals surface area (Å²) in [6.07, 6.45) is 5.54. The molecule has 1 saturated carbocycles. The highest BCUT2D eigenvalue weighted by Crippen LogP contribution is 2.24. The van der Waals surface area contributed by atoms with Crippen LogP contribution in [0.5, 0.6) is 0 Å². The number of rotatable bonds is 7. The lowest BCUT2D eigenvalue weighted by Crippen LogP contribution is -2.42. The largest absolute Gasteiger partial charge is 0.480 e. The van der Waals surface area contributed by atoms with Crippen molar-refractivity contribution >= 4 is 5.97 Å². The van der Waals surface area contributed by atoms with Crippen LogP contribution in [0.2, 0.25) is 0 Å². The van der Waals surface area contributed by atoms with Gasteiger partial charge < -0.3 is 15.3 Å². The molecule has 0 amide bonds. The fraction of sp³-hybridized carbons (Fsp3) is 0.929. The second-order valence-electron chi connectivity index (χ2n) is 6.11. The van der Waals surface area contributed by atoms with E-state index >= 15 is 0 Å². The number of likely N-dealkylation sites (tertiary alicyclic amines) is 1. The molecule has 1 aliphatic heterocycles. The molecular weight excluding hydrogens is 228 g/mol. The van der Waals surface area contributed by atoms with E-state index in [4.69, 9.17) is 0 Å². The highest BCUT2D eigenvalue weighted by Gasteiger charge is 2.31. The molecule has 1 saturated heterocycles. The molecule has 1 aliphatic carbocycles. The van der Waals surface area contributed by atoms with E-state index in [1.165, 1.54) is 12.8 Å². The number of carboxylic acid groups (broad SMARTS) is 1. The maximum absolute atomic E-state index is 11.2. The van der Waals surface area contributed by atoms with E-state index in [0.29, 0.717) is 18.0 Å². The molecule has 0 radical (unpaired) electrons. The lowest BCUT2D eigenvalue weighted by molar-refractivity contribution is -0.139. The van der Waals surface area contributed by atoms with Gasteiger partial charge in [-0.3, -0.25) is 4.79 Å². The maximum atomic E-state index is 11.2.